The Kier molecular flexibility index (Phi) is 4.72. The molecule has 2 aliphatic rings. The topological polar surface area (TPSA) is 70.6 Å². The molecule has 0 atom stereocenters. The van der Waals surface area contributed by atoms with Crippen molar-refractivity contribution in [1.29, 1.82) is 0 Å². The van der Waals surface area contributed by atoms with Crippen molar-refractivity contribution in [2.75, 3.05) is 44.3 Å². The van der Waals surface area contributed by atoms with Crippen molar-refractivity contribution >= 4 is 33.4 Å². The third-order valence-electron chi connectivity index (χ3n) is 4.74. The maximum atomic E-state index is 12.3. The Morgan fingerprint density at radius 3 is 2.96 bits per heavy atom. The second-order valence-corrected chi connectivity index (χ2v) is 7.47. The van der Waals surface area contributed by atoms with E-state index in [9.17, 15) is 4.79 Å². The molecule has 7 nitrogen and oxygen atoms in total. The third kappa shape index (κ3) is 3.16. The highest BCUT2D eigenvalue weighted by atomic mass is 32.1. The first-order valence-corrected chi connectivity index (χ1v) is 9.70. The lowest BCUT2D eigenvalue weighted by molar-refractivity contribution is 0.122. The minimum absolute atomic E-state index is 0.0319. The van der Waals surface area contributed by atoms with Crippen molar-refractivity contribution in [3.8, 4) is 0 Å². The standard InChI is InChI=1S/C17H23N5O2S/c1-2-4-18-17(23)22-5-3-12-13(10-22)25-16-14(12)15(19-11-20-16)21-6-8-24-9-7-21/h11H,2-10H2,1H3,(H,18,23). The van der Waals surface area contributed by atoms with Crippen LogP contribution in [0.4, 0.5) is 10.6 Å². The van der Waals surface area contributed by atoms with Crippen molar-refractivity contribution in [2.45, 2.75) is 26.3 Å². The van der Waals surface area contributed by atoms with Crippen LogP contribution in [0.3, 0.4) is 0 Å². The summed E-state index contributed by atoms with van der Waals surface area (Å²) in [5.74, 6) is 1.02. The van der Waals surface area contributed by atoms with Gasteiger partial charge in [-0.2, -0.15) is 0 Å². The molecule has 0 unspecified atom stereocenters. The van der Waals surface area contributed by atoms with Crippen molar-refractivity contribution in [3.05, 3.63) is 16.8 Å². The number of rotatable bonds is 3. The van der Waals surface area contributed by atoms with Crippen molar-refractivity contribution < 1.29 is 9.53 Å². The zero-order chi connectivity index (χ0) is 17.2. The quantitative estimate of drug-likeness (QED) is 0.905. The Bertz CT molecular complexity index is 772. The number of hydrogen-bond acceptors (Lipinski definition) is 6. The lowest BCUT2D eigenvalue weighted by Crippen LogP contribution is -2.42. The van der Waals surface area contributed by atoms with E-state index in [4.69, 9.17) is 4.74 Å². The first-order chi connectivity index (χ1) is 12.3. The molecule has 4 heterocycles. The van der Waals surface area contributed by atoms with Crippen LogP contribution in [0, 0.1) is 0 Å². The highest BCUT2D eigenvalue weighted by molar-refractivity contribution is 7.19. The third-order valence-corrected chi connectivity index (χ3v) is 5.87. The number of fused-ring (bicyclic) bond motifs is 3. The molecular formula is C17H23N5O2S. The van der Waals surface area contributed by atoms with Gasteiger partial charge in [-0.3, -0.25) is 0 Å². The van der Waals surface area contributed by atoms with Crippen LogP contribution in [0.1, 0.15) is 23.8 Å². The van der Waals surface area contributed by atoms with Gasteiger partial charge in [-0.1, -0.05) is 6.92 Å². The van der Waals surface area contributed by atoms with Crippen molar-refractivity contribution in [2.24, 2.45) is 0 Å². The smallest absolute Gasteiger partial charge is 0.317 e. The summed E-state index contributed by atoms with van der Waals surface area (Å²) < 4.78 is 5.47. The van der Waals surface area contributed by atoms with Crippen LogP contribution in [-0.4, -0.2) is 60.3 Å². The van der Waals surface area contributed by atoms with Gasteiger partial charge in [0.1, 0.15) is 17.0 Å². The Hall–Kier alpha value is -1.93. The summed E-state index contributed by atoms with van der Waals surface area (Å²) >= 11 is 1.69. The van der Waals surface area contributed by atoms with Gasteiger partial charge >= 0.3 is 6.03 Å². The highest BCUT2D eigenvalue weighted by Crippen LogP contribution is 2.38. The fourth-order valence-corrected chi connectivity index (χ4v) is 4.64. The molecule has 0 saturated carbocycles. The fourth-order valence-electron chi connectivity index (χ4n) is 3.44. The van der Waals surface area contributed by atoms with Gasteiger partial charge in [-0.05, 0) is 18.4 Å². The molecule has 1 saturated heterocycles. The Labute approximate surface area is 151 Å². The van der Waals surface area contributed by atoms with E-state index in [1.165, 1.54) is 15.8 Å². The number of hydrogen-bond donors (Lipinski definition) is 1. The molecule has 2 amide bonds. The number of morpholine rings is 1. The average Bonchev–Trinajstić information content (AvgIpc) is 3.04. The molecular weight excluding hydrogens is 338 g/mol. The summed E-state index contributed by atoms with van der Waals surface area (Å²) in [6.07, 6.45) is 3.46. The van der Waals surface area contributed by atoms with E-state index in [0.29, 0.717) is 6.54 Å². The largest absolute Gasteiger partial charge is 0.378 e. The number of nitrogens with one attached hydrogen (secondary N) is 1. The predicted octanol–water partition coefficient (Wildman–Crippen LogP) is 2.01. The van der Waals surface area contributed by atoms with Crippen LogP contribution in [0.2, 0.25) is 0 Å². The zero-order valence-electron chi connectivity index (χ0n) is 14.5. The summed E-state index contributed by atoms with van der Waals surface area (Å²) in [6, 6.07) is 0.0319. The Balaban J connectivity index is 1.63. The van der Waals surface area contributed by atoms with Gasteiger partial charge in [0.15, 0.2) is 0 Å². The maximum absolute atomic E-state index is 12.3. The van der Waals surface area contributed by atoms with E-state index < -0.39 is 0 Å². The SMILES string of the molecule is CCCNC(=O)N1CCc2c(sc3ncnc(N4CCOCC4)c23)C1. The molecule has 0 aliphatic carbocycles. The van der Waals surface area contributed by atoms with Gasteiger partial charge in [0.05, 0.1) is 25.1 Å². The molecule has 0 aromatic carbocycles. The average molecular weight is 361 g/mol. The minimum Gasteiger partial charge on any atom is -0.378 e. The molecule has 134 valence electrons. The number of carbonyl (C=O) groups excluding carboxylic acids is 1. The van der Waals surface area contributed by atoms with E-state index in [0.717, 1.165) is 62.9 Å². The van der Waals surface area contributed by atoms with Crippen LogP contribution < -0.4 is 10.2 Å². The van der Waals surface area contributed by atoms with Crippen LogP contribution in [-0.2, 0) is 17.7 Å². The van der Waals surface area contributed by atoms with Crippen molar-refractivity contribution in [1.82, 2.24) is 20.2 Å². The van der Waals surface area contributed by atoms with Gasteiger partial charge in [0.2, 0.25) is 0 Å². The number of aromatic nitrogens is 2. The number of amides is 2. The number of urea groups is 1. The van der Waals surface area contributed by atoms with E-state index in [2.05, 4.69) is 27.1 Å². The number of nitrogens with zero attached hydrogens (tertiary/aromatic N) is 4. The maximum Gasteiger partial charge on any atom is 0.317 e. The summed E-state index contributed by atoms with van der Waals surface area (Å²) in [5, 5.41) is 4.15. The van der Waals surface area contributed by atoms with Crippen molar-refractivity contribution in [3.63, 3.8) is 0 Å². The molecule has 1 fully saturated rings. The molecule has 0 spiro atoms. The summed E-state index contributed by atoms with van der Waals surface area (Å²) in [7, 11) is 0. The molecule has 1 N–H and O–H groups in total. The van der Waals surface area contributed by atoms with Gasteiger partial charge in [0, 0.05) is 31.1 Å². The molecule has 2 aliphatic heterocycles. The fraction of sp³-hybridized carbons (Fsp3) is 0.588. The molecule has 4 rings (SSSR count). The Morgan fingerprint density at radius 2 is 2.16 bits per heavy atom. The van der Waals surface area contributed by atoms with Gasteiger partial charge in [0.25, 0.3) is 0 Å². The predicted molar refractivity (Wildman–Crippen MR) is 98.3 cm³/mol. The number of carbonyl (C=O) groups is 1. The van der Waals surface area contributed by atoms with E-state index in [-0.39, 0.29) is 6.03 Å². The summed E-state index contributed by atoms with van der Waals surface area (Å²) in [6.45, 7) is 7.39. The van der Waals surface area contributed by atoms with Crippen LogP contribution in [0.15, 0.2) is 6.33 Å². The number of thiophene rings is 1. The van der Waals surface area contributed by atoms with Gasteiger partial charge in [-0.15, -0.1) is 11.3 Å². The first-order valence-electron chi connectivity index (χ1n) is 8.88. The molecule has 2 aromatic rings. The van der Waals surface area contributed by atoms with Crippen LogP contribution >= 0.6 is 11.3 Å². The Morgan fingerprint density at radius 1 is 1.32 bits per heavy atom. The second kappa shape index (κ2) is 7.13. The second-order valence-electron chi connectivity index (χ2n) is 6.38. The first kappa shape index (κ1) is 16.5. The van der Waals surface area contributed by atoms with Crippen LogP contribution in [0.5, 0.6) is 0 Å². The van der Waals surface area contributed by atoms with E-state index in [1.807, 2.05) is 4.90 Å². The van der Waals surface area contributed by atoms with Crippen LogP contribution in [0.25, 0.3) is 10.2 Å². The monoisotopic (exact) mass is 361 g/mol. The molecule has 0 bridgehead atoms. The van der Waals surface area contributed by atoms with E-state index >= 15 is 0 Å². The lowest BCUT2D eigenvalue weighted by Gasteiger charge is -2.29. The summed E-state index contributed by atoms with van der Waals surface area (Å²) in [5.41, 5.74) is 1.32. The van der Waals surface area contributed by atoms with Gasteiger partial charge in [-0.25, -0.2) is 14.8 Å². The highest BCUT2D eigenvalue weighted by Gasteiger charge is 2.27. The zero-order valence-corrected chi connectivity index (χ0v) is 15.3. The minimum atomic E-state index is 0.0319. The summed E-state index contributed by atoms with van der Waals surface area (Å²) in [4.78, 5) is 27.8. The normalized spacial score (nSPS) is 17.6. The lowest BCUT2D eigenvalue weighted by atomic mass is 10.0. The number of anilines is 1. The molecule has 25 heavy (non-hydrogen) atoms. The number of ether oxygens (including phenoxy) is 1. The molecule has 2 aromatic heterocycles. The van der Waals surface area contributed by atoms with Gasteiger partial charge < -0.3 is 19.9 Å². The molecule has 8 heteroatoms. The van der Waals surface area contributed by atoms with E-state index in [1.54, 1.807) is 17.7 Å². The molecule has 0 radical (unpaired) electrons.